The van der Waals surface area contributed by atoms with Crippen LogP contribution in [0.15, 0.2) is 16.6 Å². The van der Waals surface area contributed by atoms with Crippen molar-refractivity contribution in [2.24, 2.45) is 0 Å². The van der Waals surface area contributed by atoms with Crippen LogP contribution in [0.1, 0.15) is 19.8 Å². The lowest BCUT2D eigenvalue weighted by Gasteiger charge is -2.11. The molecule has 0 aliphatic carbocycles. The second-order valence-corrected chi connectivity index (χ2v) is 4.42. The lowest BCUT2D eigenvalue weighted by Crippen LogP contribution is -2.03. The summed E-state index contributed by atoms with van der Waals surface area (Å²) >= 11 is 3.24. The minimum Gasteiger partial charge on any atom is -0.491 e. The monoisotopic (exact) mass is 302 g/mol. The molecule has 0 atom stereocenters. The van der Waals surface area contributed by atoms with Crippen LogP contribution in [0, 0.1) is 10.1 Å². The van der Waals surface area contributed by atoms with Crippen LogP contribution in [-0.2, 0) is 0 Å². The standard InChI is InChI=1S/C11H15BrN2O3/c1-3-4-5-17-10-7-8(12)6-9(14(15)16)11(10)13-2/h6-7,13H,3-5H2,1-2H3. The van der Waals surface area contributed by atoms with Crippen molar-refractivity contribution in [1.82, 2.24) is 0 Å². The summed E-state index contributed by atoms with van der Waals surface area (Å²) in [5.41, 5.74) is 0.419. The SMILES string of the molecule is CCCCOc1cc(Br)cc([N+](=O)[O-])c1NC. The van der Waals surface area contributed by atoms with Gasteiger partial charge >= 0.3 is 0 Å². The summed E-state index contributed by atoms with van der Waals surface area (Å²) in [4.78, 5) is 10.5. The number of hydrogen-bond donors (Lipinski definition) is 1. The molecule has 0 aliphatic heterocycles. The second kappa shape index (κ2) is 6.44. The quantitative estimate of drug-likeness (QED) is 0.495. The average molecular weight is 303 g/mol. The van der Waals surface area contributed by atoms with Gasteiger partial charge in [0, 0.05) is 17.6 Å². The molecule has 0 fully saturated rings. The van der Waals surface area contributed by atoms with Gasteiger partial charge < -0.3 is 10.1 Å². The Labute approximate surface area is 108 Å². The minimum atomic E-state index is -0.427. The number of ether oxygens (including phenoxy) is 1. The van der Waals surface area contributed by atoms with Gasteiger partial charge in [-0.1, -0.05) is 29.3 Å². The van der Waals surface area contributed by atoms with Crippen LogP contribution in [0.25, 0.3) is 0 Å². The molecular weight excluding hydrogens is 288 g/mol. The Morgan fingerprint density at radius 1 is 1.53 bits per heavy atom. The van der Waals surface area contributed by atoms with Crippen molar-refractivity contribution in [2.75, 3.05) is 19.0 Å². The number of anilines is 1. The van der Waals surface area contributed by atoms with E-state index in [2.05, 4.69) is 28.2 Å². The zero-order valence-electron chi connectivity index (χ0n) is 9.83. The van der Waals surface area contributed by atoms with Gasteiger partial charge in [0.15, 0.2) is 11.4 Å². The van der Waals surface area contributed by atoms with Gasteiger partial charge in [-0.2, -0.15) is 0 Å². The average Bonchev–Trinajstić information content (AvgIpc) is 2.28. The van der Waals surface area contributed by atoms with E-state index in [-0.39, 0.29) is 5.69 Å². The van der Waals surface area contributed by atoms with E-state index in [9.17, 15) is 10.1 Å². The highest BCUT2D eigenvalue weighted by Gasteiger charge is 2.19. The summed E-state index contributed by atoms with van der Waals surface area (Å²) in [6.07, 6.45) is 1.94. The summed E-state index contributed by atoms with van der Waals surface area (Å²) in [6.45, 7) is 2.62. The van der Waals surface area contributed by atoms with Crippen molar-refractivity contribution in [3.05, 3.63) is 26.7 Å². The predicted molar refractivity (Wildman–Crippen MR) is 70.7 cm³/mol. The number of unbranched alkanes of at least 4 members (excludes halogenated alkanes) is 1. The summed E-state index contributed by atoms with van der Waals surface area (Å²) in [6, 6.07) is 3.19. The molecule has 0 saturated carbocycles. The first-order chi connectivity index (χ1) is 8.10. The number of rotatable bonds is 6. The summed E-state index contributed by atoms with van der Waals surface area (Å²) in [5.74, 6) is 0.502. The molecule has 0 amide bonds. The van der Waals surface area contributed by atoms with E-state index in [1.165, 1.54) is 6.07 Å². The van der Waals surface area contributed by atoms with Crippen molar-refractivity contribution >= 4 is 27.3 Å². The van der Waals surface area contributed by atoms with Crippen LogP contribution in [0.2, 0.25) is 0 Å². The van der Waals surface area contributed by atoms with Crippen LogP contribution >= 0.6 is 15.9 Å². The highest BCUT2D eigenvalue weighted by atomic mass is 79.9. The van der Waals surface area contributed by atoms with Gasteiger partial charge in [-0.05, 0) is 12.5 Å². The second-order valence-electron chi connectivity index (χ2n) is 3.51. The molecule has 1 aromatic rings. The van der Waals surface area contributed by atoms with E-state index >= 15 is 0 Å². The molecule has 1 N–H and O–H groups in total. The fraction of sp³-hybridized carbons (Fsp3) is 0.455. The number of nitro benzene ring substituents is 1. The Balaban J connectivity index is 3.05. The fourth-order valence-corrected chi connectivity index (χ4v) is 1.83. The van der Waals surface area contributed by atoms with Gasteiger partial charge in [0.05, 0.1) is 11.5 Å². The van der Waals surface area contributed by atoms with Crippen LogP contribution < -0.4 is 10.1 Å². The first kappa shape index (κ1) is 13.8. The topological polar surface area (TPSA) is 64.4 Å². The molecular formula is C11H15BrN2O3. The molecule has 0 aromatic heterocycles. The van der Waals surface area contributed by atoms with Crippen LogP contribution in [0.3, 0.4) is 0 Å². The summed E-state index contributed by atoms with van der Waals surface area (Å²) < 4.78 is 6.18. The van der Waals surface area contributed by atoms with Crippen LogP contribution in [0.5, 0.6) is 5.75 Å². The molecule has 0 aliphatic rings. The zero-order valence-corrected chi connectivity index (χ0v) is 11.4. The number of halogens is 1. The Morgan fingerprint density at radius 3 is 2.76 bits per heavy atom. The predicted octanol–water partition coefficient (Wildman–Crippen LogP) is 3.58. The fourth-order valence-electron chi connectivity index (χ4n) is 1.40. The zero-order chi connectivity index (χ0) is 12.8. The highest BCUT2D eigenvalue weighted by molar-refractivity contribution is 9.10. The molecule has 1 aromatic carbocycles. The number of nitrogens with one attached hydrogen (secondary N) is 1. The van der Waals surface area contributed by atoms with E-state index in [0.29, 0.717) is 22.5 Å². The van der Waals surface area contributed by atoms with Crippen molar-refractivity contribution in [3.63, 3.8) is 0 Å². The van der Waals surface area contributed by atoms with Gasteiger partial charge in [-0.3, -0.25) is 10.1 Å². The maximum absolute atomic E-state index is 10.9. The van der Waals surface area contributed by atoms with E-state index in [4.69, 9.17) is 4.74 Å². The molecule has 0 spiro atoms. The first-order valence-corrected chi connectivity index (χ1v) is 6.18. The Bertz CT molecular complexity index is 410. The van der Waals surface area contributed by atoms with E-state index < -0.39 is 4.92 Å². The van der Waals surface area contributed by atoms with Gasteiger partial charge in [0.25, 0.3) is 5.69 Å². The maximum Gasteiger partial charge on any atom is 0.297 e. The molecule has 0 heterocycles. The van der Waals surface area contributed by atoms with Gasteiger partial charge in [-0.25, -0.2) is 0 Å². The Morgan fingerprint density at radius 2 is 2.24 bits per heavy atom. The Kier molecular flexibility index (Phi) is 5.21. The lowest BCUT2D eigenvalue weighted by atomic mass is 10.2. The molecule has 0 unspecified atom stereocenters. The molecule has 5 nitrogen and oxygen atoms in total. The molecule has 0 radical (unpaired) electrons. The van der Waals surface area contributed by atoms with Gasteiger partial charge in [0.2, 0.25) is 0 Å². The van der Waals surface area contributed by atoms with E-state index in [1.807, 2.05) is 0 Å². The van der Waals surface area contributed by atoms with E-state index in [0.717, 1.165) is 12.8 Å². The van der Waals surface area contributed by atoms with Crippen molar-refractivity contribution in [1.29, 1.82) is 0 Å². The number of nitrogens with zero attached hydrogens (tertiary/aromatic N) is 1. The third-order valence-corrected chi connectivity index (χ3v) is 2.71. The maximum atomic E-state index is 10.9. The van der Waals surface area contributed by atoms with Crippen LogP contribution in [-0.4, -0.2) is 18.6 Å². The van der Waals surface area contributed by atoms with E-state index in [1.54, 1.807) is 13.1 Å². The normalized spacial score (nSPS) is 10.1. The summed E-state index contributed by atoms with van der Waals surface area (Å²) in [5, 5.41) is 13.7. The van der Waals surface area contributed by atoms with Crippen molar-refractivity contribution in [3.8, 4) is 5.75 Å². The number of nitro groups is 1. The van der Waals surface area contributed by atoms with Crippen molar-refractivity contribution in [2.45, 2.75) is 19.8 Å². The summed E-state index contributed by atoms with van der Waals surface area (Å²) in [7, 11) is 1.64. The van der Waals surface area contributed by atoms with Crippen molar-refractivity contribution < 1.29 is 9.66 Å². The molecule has 1 rings (SSSR count). The largest absolute Gasteiger partial charge is 0.491 e. The third-order valence-electron chi connectivity index (χ3n) is 2.25. The molecule has 17 heavy (non-hydrogen) atoms. The molecule has 94 valence electrons. The number of benzene rings is 1. The van der Waals surface area contributed by atoms with Crippen LogP contribution in [0.4, 0.5) is 11.4 Å². The van der Waals surface area contributed by atoms with Gasteiger partial charge in [-0.15, -0.1) is 0 Å². The molecule has 0 bridgehead atoms. The number of hydrogen-bond acceptors (Lipinski definition) is 4. The highest BCUT2D eigenvalue weighted by Crippen LogP contribution is 2.37. The lowest BCUT2D eigenvalue weighted by molar-refractivity contribution is -0.384. The molecule has 6 heteroatoms. The smallest absolute Gasteiger partial charge is 0.297 e. The Hall–Kier alpha value is -1.30. The minimum absolute atomic E-state index is 0.00775. The third kappa shape index (κ3) is 3.59. The molecule has 0 saturated heterocycles. The van der Waals surface area contributed by atoms with Gasteiger partial charge in [0.1, 0.15) is 0 Å². The first-order valence-electron chi connectivity index (χ1n) is 5.38.